The van der Waals surface area contributed by atoms with Crippen molar-refractivity contribution in [2.45, 2.75) is 33.4 Å². The number of nitrogens with one attached hydrogen (secondary N) is 1. The molecular weight excluding hydrogens is 504 g/mol. The van der Waals surface area contributed by atoms with Crippen LogP contribution in [-0.4, -0.2) is 40.9 Å². The second kappa shape index (κ2) is 11.5. The maximum absolute atomic E-state index is 12.7. The number of nitrogens with zero attached hydrogens (tertiary/aromatic N) is 4. The number of nitrogens with two attached hydrogens (primary N) is 1. The maximum Gasteiger partial charge on any atom is 0.248 e. The second-order valence-electron chi connectivity index (χ2n) is 9.54. The second-order valence-corrected chi connectivity index (χ2v) is 9.54. The van der Waals surface area contributed by atoms with Crippen molar-refractivity contribution in [3.8, 4) is 22.9 Å². The Bertz CT molecular complexity index is 1520. The number of methoxy groups -OCH3 is 1. The van der Waals surface area contributed by atoms with Gasteiger partial charge in [-0.05, 0) is 68.3 Å². The molecule has 4 aromatic rings. The monoisotopic (exact) mass is 538 g/mol. The van der Waals surface area contributed by atoms with Gasteiger partial charge in [0.2, 0.25) is 11.9 Å². The molecule has 0 spiro atoms. The molecule has 3 aromatic carbocycles. The third kappa shape index (κ3) is 5.22. The van der Waals surface area contributed by atoms with Gasteiger partial charge in [0.1, 0.15) is 12.6 Å². The number of benzene rings is 3. The van der Waals surface area contributed by atoms with Gasteiger partial charge >= 0.3 is 0 Å². The molecule has 40 heavy (non-hydrogen) atoms. The molecule has 0 saturated heterocycles. The molecule has 206 valence electrons. The molecular formula is C31H34N6O3. The number of primary amides is 1. The van der Waals surface area contributed by atoms with Crippen LogP contribution in [0.15, 0.2) is 84.1 Å². The Hall–Kier alpha value is -4.79. The van der Waals surface area contributed by atoms with Gasteiger partial charge < -0.3 is 25.4 Å². The molecule has 9 heteroatoms. The number of aromatic nitrogens is 3. The summed E-state index contributed by atoms with van der Waals surface area (Å²) in [5.41, 5.74) is 10.8. The molecule has 0 aliphatic carbocycles. The normalized spacial score (nSPS) is 14.3. The summed E-state index contributed by atoms with van der Waals surface area (Å²) in [5, 5.41) is 8.04. The molecule has 2 heterocycles. The van der Waals surface area contributed by atoms with E-state index in [1.807, 2.05) is 67.6 Å². The predicted octanol–water partition coefficient (Wildman–Crippen LogP) is 5.15. The summed E-state index contributed by atoms with van der Waals surface area (Å²) >= 11 is 0. The quantitative estimate of drug-likeness (QED) is 0.287. The Morgan fingerprint density at radius 2 is 1.75 bits per heavy atom. The highest BCUT2D eigenvalue weighted by atomic mass is 16.5. The molecule has 1 atom stereocenters. The number of allylic oxidation sites excluding steroid dienone is 1. The molecule has 1 aliphatic heterocycles. The minimum Gasteiger partial charge on any atom is -0.493 e. The number of carbonyl (C=O) groups excluding carboxylic acids is 1. The summed E-state index contributed by atoms with van der Waals surface area (Å²) in [6.07, 6.45) is 0. The maximum atomic E-state index is 12.7. The van der Waals surface area contributed by atoms with Crippen LogP contribution in [-0.2, 0) is 11.4 Å². The average Bonchev–Trinajstić information content (AvgIpc) is 3.40. The van der Waals surface area contributed by atoms with Crippen LogP contribution >= 0.6 is 0 Å². The summed E-state index contributed by atoms with van der Waals surface area (Å²) in [6.45, 7) is 8.35. The minimum absolute atomic E-state index is 0.402. The van der Waals surface area contributed by atoms with E-state index in [2.05, 4.69) is 36.2 Å². The van der Waals surface area contributed by atoms with Gasteiger partial charge in [0.05, 0.1) is 12.7 Å². The van der Waals surface area contributed by atoms with Gasteiger partial charge in [0.25, 0.3) is 0 Å². The Labute approximate surface area is 234 Å². The average molecular weight is 539 g/mol. The zero-order chi connectivity index (χ0) is 28.2. The van der Waals surface area contributed by atoms with Crippen molar-refractivity contribution in [1.82, 2.24) is 14.8 Å². The number of rotatable bonds is 10. The lowest BCUT2D eigenvalue weighted by Gasteiger charge is -2.28. The lowest BCUT2D eigenvalue weighted by atomic mass is 9.95. The fourth-order valence-corrected chi connectivity index (χ4v) is 5.02. The molecule has 5 rings (SSSR count). The fourth-order valence-electron chi connectivity index (χ4n) is 5.02. The van der Waals surface area contributed by atoms with Gasteiger partial charge in [-0.25, -0.2) is 4.68 Å². The third-order valence-electron chi connectivity index (χ3n) is 7.11. The summed E-state index contributed by atoms with van der Waals surface area (Å²) in [6, 6.07) is 23.1. The Kier molecular flexibility index (Phi) is 7.72. The highest BCUT2D eigenvalue weighted by Crippen LogP contribution is 2.39. The van der Waals surface area contributed by atoms with E-state index in [1.54, 1.807) is 11.8 Å². The summed E-state index contributed by atoms with van der Waals surface area (Å²) in [4.78, 5) is 19.7. The van der Waals surface area contributed by atoms with Crippen molar-refractivity contribution in [2.24, 2.45) is 5.73 Å². The van der Waals surface area contributed by atoms with Crippen molar-refractivity contribution in [1.29, 1.82) is 0 Å². The lowest BCUT2D eigenvalue weighted by molar-refractivity contribution is -0.115. The number of carbonyl (C=O) groups is 1. The van der Waals surface area contributed by atoms with Crippen molar-refractivity contribution in [3.63, 3.8) is 0 Å². The minimum atomic E-state index is -0.595. The van der Waals surface area contributed by atoms with E-state index in [9.17, 15) is 4.79 Å². The highest BCUT2D eigenvalue weighted by Gasteiger charge is 2.34. The van der Waals surface area contributed by atoms with Gasteiger partial charge in [0, 0.05) is 30.0 Å². The number of anilines is 2. The smallest absolute Gasteiger partial charge is 0.248 e. The van der Waals surface area contributed by atoms with Crippen LogP contribution in [0.4, 0.5) is 11.6 Å². The zero-order valence-corrected chi connectivity index (χ0v) is 23.2. The first-order chi connectivity index (χ1) is 19.4. The molecule has 1 amide bonds. The van der Waals surface area contributed by atoms with Gasteiger partial charge in [-0.15, -0.1) is 5.10 Å². The molecule has 9 nitrogen and oxygen atoms in total. The van der Waals surface area contributed by atoms with E-state index in [1.165, 1.54) is 0 Å². The van der Waals surface area contributed by atoms with Crippen LogP contribution < -0.4 is 25.4 Å². The van der Waals surface area contributed by atoms with Gasteiger partial charge in [-0.2, -0.15) is 4.98 Å². The molecule has 0 saturated carbocycles. The molecule has 0 bridgehead atoms. The van der Waals surface area contributed by atoms with E-state index >= 15 is 0 Å². The number of amides is 1. The van der Waals surface area contributed by atoms with Crippen LogP contribution in [0.25, 0.3) is 11.4 Å². The number of fused-ring (bicyclic) bond motifs is 1. The van der Waals surface area contributed by atoms with E-state index in [0.29, 0.717) is 41.1 Å². The van der Waals surface area contributed by atoms with Gasteiger partial charge in [-0.3, -0.25) is 4.79 Å². The van der Waals surface area contributed by atoms with Crippen molar-refractivity contribution < 1.29 is 14.3 Å². The first-order valence-electron chi connectivity index (χ1n) is 13.4. The molecule has 3 N–H and O–H groups in total. The number of hydrogen-bond donors (Lipinski definition) is 2. The van der Waals surface area contributed by atoms with Crippen LogP contribution in [0.3, 0.4) is 0 Å². The van der Waals surface area contributed by atoms with Gasteiger partial charge in [0.15, 0.2) is 17.3 Å². The van der Waals surface area contributed by atoms with Crippen molar-refractivity contribution in [2.75, 3.05) is 30.4 Å². The molecule has 0 fully saturated rings. The van der Waals surface area contributed by atoms with E-state index < -0.39 is 11.9 Å². The van der Waals surface area contributed by atoms with Gasteiger partial charge in [-0.1, -0.05) is 36.4 Å². The fraction of sp³-hybridized carbons (Fsp3) is 0.258. The Morgan fingerprint density at radius 1 is 1.02 bits per heavy atom. The summed E-state index contributed by atoms with van der Waals surface area (Å²) in [5.74, 6) is 1.68. The zero-order valence-electron chi connectivity index (χ0n) is 23.2. The van der Waals surface area contributed by atoms with E-state index in [-0.39, 0.29) is 0 Å². The number of hydrogen-bond acceptors (Lipinski definition) is 7. The predicted molar refractivity (Wildman–Crippen MR) is 156 cm³/mol. The summed E-state index contributed by atoms with van der Waals surface area (Å²) < 4.78 is 13.4. The largest absolute Gasteiger partial charge is 0.493 e. The van der Waals surface area contributed by atoms with Crippen molar-refractivity contribution >= 4 is 17.5 Å². The lowest BCUT2D eigenvalue weighted by Crippen LogP contribution is -2.31. The third-order valence-corrected chi connectivity index (χ3v) is 7.11. The molecule has 1 aromatic heterocycles. The molecule has 1 aliphatic rings. The topological polar surface area (TPSA) is 108 Å². The van der Waals surface area contributed by atoms with E-state index in [4.69, 9.17) is 25.3 Å². The van der Waals surface area contributed by atoms with Crippen LogP contribution in [0.5, 0.6) is 11.5 Å². The standard InChI is InChI=1S/C31H34N6O3/c1-5-36(6-2)24-15-12-22(13-16-24)30-34-31-33-20(3)27(29(32)38)28(37(31)35-30)23-14-17-25(26(18-23)39-4)40-19-21-10-8-7-9-11-21/h7-18,28H,5-6,19H2,1-4H3,(H2,32,38)(H,33,34,35). The SMILES string of the molecule is CCN(CC)c1ccc(-c2nc3n(n2)C(c2ccc(OCc4ccccc4)c(OC)c2)C(C(N)=O)=C(C)N3)cc1. The Morgan fingerprint density at radius 3 is 2.40 bits per heavy atom. The first kappa shape index (κ1) is 26.8. The van der Waals surface area contributed by atoms with Crippen LogP contribution in [0, 0.1) is 0 Å². The highest BCUT2D eigenvalue weighted by molar-refractivity contribution is 5.95. The van der Waals surface area contributed by atoms with Crippen molar-refractivity contribution in [3.05, 3.63) is 95.2 Å². The van der Waals surface area contributed by atoms with E-state index in [0.717, 1.165) is 35.5 Å². The first-order valence-corrected chi connectivity index (χ1v) is 13.4. The Balaban J connectivity index is 1.50. The van der Waals surface area contributed by atoms with Crippen LogP contribution in [0.1, 0.15) is 37.9 Å². The number of ether oxygens (including phenoxy) is 2. The van der Waals surface area contributed by atoms with Crippen LogP contribution in [0.2, 0.25) is 0 Å². The molecule has 1 unspecified atom stereocenters. The molecule has 0 radical (unpaired) electrons. The summed E-state index contributed by atoms with van der Waals surface area (Å²) in [7, 11) is 1.59.